The summed E-state index contributed by atoms with van der Waals surface area (Å²) < 4.78 is 6.11. The minimum Gasteiger partial charge on any atom is -0.496 e. The Labute approximate surface area is 143 Å². The number of aliphatic hydroxyl groups excluding tert-OH is 1. The molecule has 0 radical (unpaired) electrons. The Bertz CT molecular complexity index is 524. The first-order valence-corrected chi connectivity index (χ1v) is 8.47. The van der Waals surface area contributed by atoms with Crippen LogP contribution in [0, 0.1) is 9.49 Å². The van der Waals surface area contributed by atoms with Gasteiger partial charge in [0.1, 0.15) is 5.75 Å². The Morgan fingerprint density at radius 2 is 2.19 bits per heavy atom. The summed E-state index contributed by atoms with van der Waals surface area (Å²) in [6.45, 7) is 0.107. The summed E-state index contributed by atoms with van der Waals surface area (Å²) in [5.74, 6) is 0.446. The minimum absolute atomic E-state index is 0.0130. The molecule has 0 aliphatic heterocycles. The van der Waals surface area contributed by atoms with Gasteiger partial charge in [-0.3, -0.25) is 4.79 Å². The Kier molecular flexibility index (Phi) is 6.13. The maximum Gasteiger partial charge on any atom is 0.255 e. The summed E-state index contributed by atoms with van der Waals surface area (Å²) in [6, 6.07) is 3.40. The van der Waals surface area contributed by atoms with Gasteiger partial charge in [0.05, 0.1) is 17.7 Å². The maximum absolute atomic E-state index is 12.5. The number of nitrogens with one attached hydrogen (secondary N) is 1. The van der Waals surface area contributed by atoms with E-state index in [9.17, 15) is 9.90 Å². The zero-order chi connectivity index (χ0) is 15.4. The van der Waals surface area contributed by atoms with Crippen LogP contribution in [0.25, 0.3) is 0 Å². The number of methoxy groups -OCH3 is 1. The van der Waals surface area contributed by atoms with Crippen LogP contribution in [0.1, 0.15) is 36.0 Å². The van der Waals surface area contributed by atoms with Gasteiger partial charge in [-0.2, -0.15) is 0 Å². The molecule has 21 heavy (non-hydrogen) atoms. The highest BCUT2D eigenvalue weighted by atomic mass is 127. The van der Waals surface area contributed by atoms with E-state index in [2.05, 4.69) is 27.9 Å². The summed E-state index contributed by atoms with van der Waals surface area (Å²) in [5.41, 5.74) is 0.435. The highest BCUT2D eigenvalue weighted by molar-refractivity contribution is 14.1. The highest BCUT2D eigenvalue weighted by Gasteiger charge is 2.27. The second kappa shape index (κ2) is 7.65. The average molecular weight is 424 g/mol. The molecule has 2 unspecified atom stereocenters. The molecule has 1 aromatic carbocycles. The third kappa shape index (κ3) is 4.02. The van der Waals surface area contributed by atoms with Gasteiger partial charge in [-0.25, -0.2) is 0 Å². The number of carbonyl (C=O) groups excluding carboxylic acids is 1. The lowest BCUT2D eigenvalue weighted by Crippen LogP contribution is -2.43. The monoisotopic (exact) mass is 423 g/mol. The molecule has 2 rings (SSSR count). The van der Waals surface area contributed by atoms with Crippen molar-refractivity contribution in [2.75, 3.05) is 13.7 Å². The quantitative estimate of drug-likeness (QED) is 0.731. The predicted molar refractivity (Wildman–Crippen MR) is 91.0 cm³/mol. The van der Waals surface area contributed by atoms with Crippen molar-refractivity contribution in [1.82, 2.24) is 5.32 Å². The molecule has 0 saturated heterocycles. The van der Waals surface area contributed by atoms with E-state index in [1.807, 2.05) is 0 Å². The fourth-order valence-corrected chi connectivity index (χ4v) is 3.34. The number of halogens is 2. The molecule has 116 valence electrons. The van der Waals surface area contributed by atoms with E-state index in [0.717, 1.165) is 29.3 Å². The molecule has 0 spiro atoms. The van der Waals surface area contributed by atoms with Crippen LogP contribution in [0.2, 0.25) is 5.02 Å². The number of benzene rings is 1. The van der Waals surface area contributed by atoms with Crippen molar-refractivity contribution < 1.29 is 14.6 Å². The minimum atomic E-state index is -0.199. The molecule has 6 heteroatoms. The maximum atomic E-state index is 12.5. The standard InChI is InChI=1S/C15H19ClINO3/c1-21-14-7-12(17)11(16)6-10(14)15(20)18-13-5-3-2-4-9(13)8-19/h6-7,9,13,19H,2-5,8H2,1H3,(H,18,20). The number of carbonyl (C=O) groups is 1. The van der Waals surface area contributed by atoms with E-state index in [1.165, 1.54) is 7.11 Å². The number of hydrogen-bond acceptors (Lipinski definition) is 3. The van der Waals surface area contributed by atoms with Crippen LogP contribution in [-0.4, -0.2) is 30.8 Å². The Balaban J connectivity index is 2.18. The number of aliphatic hydroxyl groups is 1. The van der Waals surface area contributed by atoms with Crippen LogP contribution >= 0.6 is 34.2 Å². The third-order valence-electron chi connectivity index (χ3n) is 3.95. The van der Waals surface area contributed by atoms with Crippen LogP contribution < -0.4 is 10.1 Å². The van der Waals surface area contributed by atoms with Gasteiger partial charge in [-0.1, -0.05) is 24.4 Å². The van der Waals surface area contributed by atoms with Crippen LogP contribution in [0.4, 0.5) is 0 Å². The number of rotatable bonds is 4. The third-order valence-corrected chi connectivity index (χ3v) is 5.47. The highest BCUT2D eigenvalue weighted by Crippen LogP contribution is 2.29. The van der Waals surface area contributed by atoms with E-state index >= 15 is 0 Å². The summed E-state index contributed by atoms with van der Waals surface area (Å²) in [5, 5.41) is 13.0. The molecule has 1 aromatic rings. The number of ether oxygens (including phenoxy) is 1. The lowest BCUT2D eigenvalue weighted by Gasteiger charge is -2.31. The molecule has 0 heterocycles. The smallest absolute Gasteiger partial charge is 0.255 e. The first kappa shape index (κ1) is 16.8. The van der Waals surface area contributed by atoms with Gasteiger partial charge < -0.3 is 15.2 Å². The van der Waals surface area contributed by atoms with Gasteiger partial charge in [0.2, 0.25) is 0 Å². The zero-order valence-corrected chi connectivity index (χ0v) is 14.8. The van der Waals surface area contributed by atoms with Crippen molar-refractivity contribution in [1.29, 1.82) is 0 Å². The average Bonchev–Trinajstić information content (AvgIpc) is 2.50. The molecular formula is C15H19ClINO3. The Hall–Kier alpha value is -0.530. The van der Waals surface area contributed by atoms with Gasteiger partial charge >= 0.3 is 0 Å². The van der Waals surface area contributed by atoms with E-state index in [1.54, 1.807) is 12.1 Å². The van der Waals surface area contributed by atoms with Crippen molar-refractivity contribution in [3.05, 3.63) is 26.3 Å². The number of hydrogen-bond donors (Lipinski definition) is 2. The van der Waals surface area contributed by atoms with E-state index in [0.29, 0.717) is 16.3 Å². The molecule has 1 fully saturated rings. The van der Waals surface area contributed by atoms with Crippen molar-refractivity contribution in [2.45, 2.75) is 31.7 Å². The first-order valence-electron chi connectivity index (χ1n) is 7.01. The van der Waals surface area contributed by atoms with Crippen LogP contribution in [0.15, 0.2) is 12.1 Å². The molecule has 1 aliphatic carbocycles. The van der Waals surface area contributed by atoms with Crippen molar-refractivity contribution >= 4 is 40.1 Å². The SMILES string of the molecule is COc1cc(I)c(Cl)cc1C(=O)NC1CCCCC1CO. The second-order valence-corrected chi connectivity index (χ2v) is 6.84. The van der Waals surface area contributed by atoms with E-state index in [-0.39, 0.29) is 24.5 Å². The normalized spacial score (nSPS) is 21.9. The van der Waals surface area contributed by atoms with Crippen molar-refractivity contribution in [2.24, 2.45) is 5.92 Å². The molecule has 4 nitrogen and oxygen atoms in total. The van der Waals surface area contributed by atoms with Gasteiger partial charge in [0, 0.05) is 22.1 Å². The molecule has 1 saturated carbocycles. The lowest BCUT2D eigenvalue weighted by molar-refractivity contribution is 0.0869. The summed E-state index contributed by atoms with van der Waals surface area (Å²) in [6.07, 6.45) is 4.03. The summed E-state index contributed by atoms with van der Waals surface area (Å²) in [7, 11) is 1.53. The Morgan fingerprint density at radius 3 is 2.86 bits per heavy atom. The molecule has 0 aromatic heterocycles. The predicted octanol–water partition coefficient (Wildman–Crippen LogP) is 3.23. The Morgan fingerprint density at radius 1 is 1.48 bits per heavy atom. The van der Waals surface area contributed by atoms with E-state index in [4.69, 9.17) is 16.3 Å². The molecule has 0 bridgehead atoms. The largest absolute Gasteiger partial charge is 0.496 e. The van der Waals surface area contributed by atoms with Gasteiger partial charge in [0.15, 0.2) is 0 Å². The van der Waals surface area contributed by atoms with Crippen molar-refractivity contribution in [3.63, 3.8) is 0 Å². The van der Waals surface area contributed by atoms with Crippen LogP contribution in [-0.2, 0) is 0 Å². The fourth-order valence-electron chi connectivity index (χ4n) is 2.74. The zero-order valence-electron chi connectivity index (χ0n) is 11.9. The molecular weight excluding hydrogens is 405 g/mol. The molecule has 2 atom stereocenters. The van der Waals surface area contributed by atoms with Crippen LogP contribution in [0.3, 0.4) is 0 Å². The fraction of sp³-hybridized carbons (Fsp3) is 0.533. The molecule has 2 N–H and O–H groups in total. The first-order chi connectivity index (χ1) is 10.1. The summed E-state index contributed by atoms with van der Waals surface area (Å²) >= 11 is 8.20. The molecule has 1 amide bonds. The number of amides is 1. The van der Waals surface area contributed by atoms with Gasteiger partial charge in [-0.05, 0) is 47.6 Å². The van der Waals surface area contributed by atoms with Crippen LogP contribution in [0.5, 0.6) is 5.75 Å². The van der Waals surface area contributed by atoms with Crippen molar-refractivity contribution in [3.8, 4) is 5.75 Å². The molecule has 1 aliphatic rings. The van der Waals surface area contributed by atoms with E-state index < -0.39 is 0 Å². The topological polar surface area (TPSA) is 58.6 Å². The van der Waals surface area contributed by atoms with Gasteiger partial charge in [-0.15, -0.1) is 0 Å². The van der Waals surface area contributed by atoms with Gasteiger partial charge in [0.25, 0.3) is 5.91 Å². The second-order valence-electron chi connectivity index (χ2n) is 5.27. The lowest BCUT2D eigenvalue weighted by atomic mass is 9.85. The summed E-state index contributed by atoms with van der Waals surface area (Å²) in [4.78, 5) is 12.5.